The SMILES string of the molecule is CC.CC.CC.CC1CN(C)CCCN1Cc1n[nH]c2c1C=CC=CC2. The summed E-state index contributed by atoms with van der Waals surface area (Å²) in [6.45, 7) is 18.8. The van der Waals surface area contributed by atoms with Crippen LogP contribution in [0.2, 0.25) is 0 Å². The number of allylic oxidation sites excluding steroid dienone is 3. The Labute approximate surface area is 162 Å². The highest BCUT2D eigenvalue weighted by Gasteiger charge is 2.22. The lowest BCUT2D eigenvalue weighted by Gasteiger charge is -2.27. The molecule has 150 valence electrons. The average Bonchev–Trinajstić information content (AvgIpc) is 2.83. The van der Waals surface area contributed by atoms with Gasteiger partial charge in [-0.05, 0) is 26.9 Å². The lowest BCUT2D eigenvalue weighted by atomic mass is 10.1. The standard InChI is InChI=1S/C16H24N4.3C2H6/c1-13-11-19(2)9-6-10-20(13)12-16-14-7-4-3-5-8-15(14)17-18-16;3*1-2/h3-5,7,13H,6,8-12H2,1-2H3,(H,17,18);3*1-2H3. The van der Waals surface area contributed by atoms with Crippen LogP contribution in [0.3, 0.4) is 0 Å². The van der Waals surface area contributed by atoms with E-state index in [-0.39, 0.29) is 0 Å². The highest BCUT2D eigenvalue weighted by atomic mass is 15.2. The van der Waals surface area contributed by atoms with Crippen molar-refractivity contribution in [3.05, 3.63) is 35.2 Å². The number of aromatic amines is 1. The van der Waals surface area contributed by atoms with E-state index in [0.29, 0.717) is 6.04 Å². The number of rotatable bonds is 2. The van der Waals surface area contributed by atoms with Crippen molar-refractivity contribution in [1.82, 2.24) is 20.0 Å². The highest BCUT2D eigenvalue weighted by Crippen LogP contribution is 2.20. The van der Waals surface area contributed by atoms with Crippen LogP contribution in [0.15, 0.2) is 18.2 Å². The molecule has 0 amide bonds. The average molecular weight is 363 g/mol. The van der Waals surface area contributed by atoms with Crippen LogP contribution in [0, 0.1) is 0 Å². The molecule has 1 unspecified atom stereocenters. The second kappa shape index (κ2) is 14.7. The minimum absolute atomic E-state index is 0.586. The maximum atomic E-state index is 4.55. The number of aromatic nitrogens is 2. The molecule has 1 fully saturated rings. The van der Waals surface area contributed by atoms with Gasteiger partial charge in [0, 0.05) is 43.4 Å². The molecule has 1 aliphatic heterocycles. The summed E-state index contributed by atoms with van der Waals surface area (Å²) in [6, 6.07) is 0.586. The third kappa shape index (κ3) is 7.46. The number of hydrogen-bond acceptors (Lipinski definition) is 3. The molecule has 4 nitrogen and oxygen atoms in total. The monoisotopic (exact) mass is 362 g/mol. The Hall–Kier alpha value is -1.39. The van der Waals surface area contributed by atoms with Crippen LogP contribution in [0.4, 0.5) is 0 Å². The van der Waals surface area contributed by atoms with Gasteiger partial charge in [0.05, 0.1) is 5.69 Å². The van der Waals surface area contributed by atoms with Crippen molar-refractivity contribution in [1.29, 1.82) is 0 Å². The Kier molecular flexibility index (Phi) is 14.0. The van der Waals surface area contributed by atoms with Crippen molar-refractivity contribution in [2.75, 3.05) is 26.7 Å². The van der Waals surface area contributed by atoms with Gasteiger partial charge < -0.3 is 4.90 Å². The predicted molar refractivity (Wildman–Crippen MR) is 116 cm³/mol. The smallest absolute Gasteiger partial charge is 0.0837 e. The van der Waals surface area contributed by atoms with Gasteiger partial charge in [-0.2, -0.15) is 5.10 Å². The zero-order valence-corrected chi connectivity index (χ0v) is 18.5. The first-order chi connectivity index (χ1) is 12.7. The summed E-state index contributed by atoms with van der Waals surface area (Å²) < 4.78 is 0. The van der Waals surface area contributed by atoms with E-state index in [9.17, 15) is 0 Å². The molecule has 26 heavy (non-hydrogen) atoms. The molecule has 0 radical (unpaired) electrons. The van der Waals surface area contributed by atoms with Crippen LogP contribution in [-0.4, -0.2) is 52.7 Å². The Morgan fingerprint density at radius 1 is 1.08 bits per heavy atom. The first-order valence-electron chi connectivity index (χ1n) is 10.6. The molecular formula is C22H42N4. The minimum Gasteiger partial charge on any atom is -0.305 e. The normalized spacial score (nSPS) is 19.5. The maximum Gasteiger partial charge on any atom is 0.0837 e. The summed E-state index contributed by atoms with van der Waals surface area (Å²) in [5, 5.41) is 7.76. The molecule has 2 heterocycles. The van der Waals surface area contributed by atoms with Crippen molar-refractivity contribution in [3.63, 3.8) is 0 Å². The van der Waals surface area contributed by atoms with Gasteiger partial charge in [-0.15, -0.1) is 0 Å². The van der Waals surface area contributed by atoms with Gasteiger partial charge >= 0.3 is 0 Å². The van der Waals surface area contributed by atoms with Crippen molar-refractivity contribution in [2.24, 2.45) is 0 Å². The number of nitrogens with one attached hydrogen (secondary N) is 1. The third-order valence-corrected chi connectivity index (χ3v) is 4.33. The van der Waals surface area contributed by atoms with E-state index in [2.05, 4.69) is 58.3 Å². The number of hydrogen-bond donors (Lipinski definition) is 1. The first-order valence-corrected chi connectivity index (χ1v) is 10.6. The Morgan fingerprint density at radius 2 is 1.77 bits per heavy atom. The maximum absolute atomic E-state index is 4.55. The molecule has 2 aliphatic rings. The largest absolute Gasteiger partial charge is 0.305 e. The molecule has 0 spiro atoms. The lowest BCUT2D eigenvalue weighted by molar-refractivity contribution is 0.192. The van der Waals surface area contributed by atoms with E-state index in [0.717, 1.165) is 26.1 Å². The van der Waals surface area contributed by atoms with Crippen LogP contribution in [0.5, 0.6) is 0 Å². The van der Waals surface area contributed by atoms with Gasteiger partial charge in [-0.1, -0.05) is 65.8 Å². The summed E-state index contributed by atoms with van der Waals surface area (Å²) in [6.07, 6.45) is 10.8. The molecule has 3 rings (SSSR count). The van der Waals surface area contributed by atoms with Crippen LogP contribution < -0.4 is 0 Å². The Balaban J connectivity index is 0.000000948. The van der Waals surface area contributed by atoms with Crippen molar-refractivity contribution < 1.29 is 0 Å². The van der Waals surface area contributed by atoms with E-state index in [1.807, 2.05) is 41.5 Å². The molecule has 1 saturated heterocycles. The van der Waals surface area contributed by atoms with Gasteiger partial charge in [-0.25, -0.2) is 0 Å². The topological polar surface area (TPSA) is 35.2 Å². The summed E-state index contributed by atoms with van der Waals surface area (Å²) >= 11 is 0. The molecule has 4 heteroatoms. The van der Waals surface area contributed by atoms with Crippen LogP contribution >= 0.6 is 0 Å². The fraction of sp³-hybridized carbons (Fsp3) is 0.682. The van der Waals surface area contributed by atoms with E-state index in [1.165, 1.54) is 29.9 Å². The third-order valence-electron chi connectivity index (χ3n) is 4.33. The summed E-state index contributed by atoms with van der Waals surface area (Å²) in [5.41, 5.74) is 3.72. The fourth-order valence-electron chi connectivity index (χ4n) is 3.17. The lowest BCUT2D eigenvalue weighted by Crippen LogP contribution is -2.37. The van der Waals surface area contributed by atoms with E-state index in [4.69, 9.17) is 0 Å². The second-order valence-corrected chi connectivity index (χ2v) is 5.99. The Bertz CT molecular complexity index is 516. The molecular weight excluding hydrogens is 320 g/mol. The molecule has 1 aromatic rings. The fourth-order valence-corrected chi connectivity index (χ4v) is 3.17. The highest BCUT2D eigenvalue weighted by molar-refractivity contribution is 5.58. The zero-order valence-electron chi connectivity index (χ0n) is 18.5. The quantitative estimate of drug-likeness (QED) is 0.791. The van der Waals surface area contributed by atoms with Crippen LogP contribution in [0.1, 0.15) is 71.8 Å². The zero-order chi connectivity index (χ0) is 19.9. The van der Waals surface area contributed by atoms with E-state index in [1.54, 1.807) is 0 Å². The van der Waals surface area contributed by atoms with Crippen molar-refractivity contribution in [3.8, 4) is 0 Å². The van der Waals surface area contributed by atoms with Gasteiger partial charge in [0.2, 0.25) is 0 Å². The molecule has 1 atom stereocenters. The Morgan fingerprint density at radius 3 is 2.46 bits per heavy atom. The minimum atomic E-state index is 0.586. The van der Waals surface area contributed by atoms with Crippen molar-refractivity contribution in [2.45, 2.75) is 73.9 Å². The van der Waals surface area contributed by atoms with Gasteiger partial charge in [0.25, 0.3) is 0 Å². The van der Waals surface area contributed by atoms with Crippen molar-refractivity contribution >= 4 is 6.08 Å². The van der Waals surface area contributed by atoms with E-state index < -0.39 is 0 Å². The molecule has 0 saturated carbocycles. The van der Waals surface area contributed by atoms with Crippen LogP contribution in [0.25, 0.3) is 6.08 Å². The van der Waals surface area contributed by atoms with Gasteiger partial charge in [0.1, 0.15) is 0 Å². The molecule has 1 aliphatic carbocycles. The number of nitrogens with zero attached hydrogens (tertiary/aromatic N) is 3. The van der Waals surface area contributed by atoms with Gasteiger partial charge in [-0.3, -0.25) is 10.00 Å². The first kappa shape index (κ1) is 24.6. The number of H-pyrrole nitrogens is 1. The van der Waals surface area contributed by atoms with Crippen LogP contribution in [-0.2, 0) is 13.0 Å². The predicted octanol–water partition coefficient (Wildman–Crippen LogP) is 5.14. The van der Waals surface area contributed by atoms with E-state index >= 15 is 0 Å². The molecule has 1 aromatic heterocycles. The molecule has 0 aromatic carbocycles. The number of fused-ring (bicyclic) bond motifs is 1. The summed E-state index contributed by atoms with van der Waals surface area (Å²) in [4.78, 5) is 4.99. The van der Waals surface area contributed by atoms with Gasteiger partial charge in [0.15, 0.2) is 0 Å². The molecule has 0 bridgehead atoms. The number of likely N-dealkylation sites (N-methyl/N-ethyl adjacent to an activating group) is 1. The summed E-state index contributed by atoms with van der Waals surface area (Å²) in [7, 11) is 2.22. The molecule has 1 N–H and O–H groups in total. The second-order valence-electron chi connectivity index (χ2n) is 5.99. The summed E-state index contributed by atoms with van der Waals surface area (Å²) in [5.74, 6) is 0.